The van der Waals surface area contributed by atoms with Gasteiger partial charge in [-0.3, -0.25) is 4.79 Å². The highest BCUT2D eigenvalue weighted by molar-refractivity contribution is 5.79. The van der Waals surface area contributed by atoms with Gasteiger partial charge in [-0.25, -0.2) is 0 Å². The predicted molar refractivity (Wildman–Crippen MR) is 63.8 cm³/mol. The summed E-state index contributed by atoms with van der Waals surface area (Å²) >= 11 is 0. The number of nitrogens with two attached hydrogens (primary N) is 1. The van der Waals surface area contributed by atoms with Crippen molar-refractivity contribution in [1.82, 2.24) is 4.90 Å². The fourth-order valence-electron chi connectivity index (χ4n) is 2.05. The summed E-state index contributed by atoms with van der Waals surface area (Å²) in [6.45, 7) is 5.63. The normalized spacial score (nSPS) is 20.4. The van der Waals surface area contributed by atoms with Gasteiger partial charge in [0.1, 0.15) is 0 Å². The standard InChI is InChI=1S/C12H24N2O2/c1-9(4-3-5-10(2)13)12(16)14-6-11(7-14)8-15/h9-11,15H,3-8,13H2,1-2H3. The van der Waals surface area contributed by atoms with Crippen molar-refractivity contribution in [2.45, 2.75) is 39.2 Å². The quantitative estimate of drug-likeness (QED) is 0.699. The summed E-state index contributed by atoms with van der Waals surface area (Å²) in [5.41, 5.74) is 5.66. The van der Waals surface area contributed by atoms with E-state index < -0.39 is 0 Å². The Kier molecular flexibility index (Phi) is 5.22. The zero-order valence-electron chi connectivity index (χ0n) is 10.4. The third-order valence-electron chi connectivity index (χ3n) is 3.25. The van der Waals surface area contributed by atoms with Gasteiger partial charge in [-0.1, -0.05) is 13.3 Å². The Labute approximate surface area is 97.8 Å². The Hall–Kier alpha value is -0.610. The Balaban J connectivity index is 2.16. The van der Waals surface area contributed by atoms with Crippen molar-refractivity contribution in [2.75, 3.05) is 19.7 Å². The van der Waals surface area contributed by atoms with Crippen LogP contribution in [0.1, 0.15) is 33.1 Å². The first-order valence-electron chi connectivity index (χ1n) is 6.19. The van der Waals surface area contributed by atoms with Crippen LogP contribution in [-0.4, -0.2) is 41.7 Å². The van der Waals surface area contributed by atoms with E-state index in [1.807, 2.05) is 18.7 Å². The molecule has 1 amide bonds. The van der Waals surface area contributed by atoms with E-state index in [9.17, 15) is 4.79 Å². The largest absolute Gasteiger partial charge is 0.396 e. The minimum Gasteiger partial charge on any atom is -0.396 e. The second kappa shape index (κ2) is 6.21. The molecule has 0 spiro atoms. The lowest BCUT2D eigenvalue weighted by Crippen LogP contribution is -2.52. The van der Waals surface area contributed by atoms with E-state index in [1.54, 1.807) is 0 Å². The summed E-state index contributed by atoms with van der Waals surface area (Å²) in [6, 6.07) is 0.227. The molecule has 1 aliphatic rings. The summed E-state index contributed by atoms with van der Waals surface area (Å²) in [6.07, 6.45) is 2.92. The number of nitrogens with zero attached hydrogens (tertiary/aromatic N) is 1. The smallest absolute Gasteiger partial charge is 0.225 e. The molecule has 1 fully saturated rings. The van der Waals surface area contributed by atoms with E-state index >= 15 is 0 Å². The molecule has 94 valence electrons. The molecule has 4 nitrogen and oxygen atoms in total. The van der Waals surface area contributed by atoms with Gasteiger partial charge >= 0.3 is 0 Å². The number of hydrogen-bond donors (Lipinski definition) is 2. The maximum Gasteiger partial charge on any atom is 0.225 e. The van der Waals surface area contributed by atoms with Crippen molar-refractivity contribution < 1.29 is 9.90 Å². The van der Waals surface area contributed by atoms with Crippen LogP contribution in [0.25, 0.3) is 0 Å². The molecule has 0 aromatic carbocycles. The summed E-state index contributed by atoms with van der Waals surface area (Å²) in [5.74, 6) is 0.632. The lowest BCUT2D eigenvalue weighted by Gasteiger charge is -2.39. The highest BCUT2D eigenvalue weighted by Crippen LogP contribution is 2.20. The predicted octanol–water partition coefficient (Wildman–Crippen LogP) is 0.591. The van der Waals surface area contributed by atoms with Crippen molar-refractivity contribution in [2.24, 2.45) is 17.6 Å². The topological polar surface area (TPSA) is 66.6 Å². The van der Waals surface area contributed by atoms with Crippen LogP contribution in [0.15, 0.2) is 0 Å². The average Bonchev–Trinajstić information content (AvgIpc) is 2.15. The zero-order valence-corrected chi connectivity index (χ0v) is 10.4. The molecule has 2 atom stereocenters. The molecule has 3 N–H and O–H groups in total. The van der Waals surface area contributed by atoms with E-state index in [0.29, 0.717) is 5.92 Å². The number of likely N-dealkylation sites (tertiary alicyclic amines) is 1. The lowest BCUT2D eigenvalue weighted by atomic mass is 9.95. The first-order chi connectivity index (χ1) is 7.54. The fraction of sp³-hybridized carbons (Fsp3) is 0.917. The molecule has 0 aromatic heterocycles. The van der Waals surface area contributed by atoms with Gasteiger partial charge in [-0.15, -0.1) is 0 Å². The number of amides is 1. The maximum absolute atomic E-state index is 11.9. The Morgan fingerprint density at radius 3 is 2.56 bits per heavy atom. The second-order valence-electron chi connectivity index (χ2n) is 5.10. The van der Waals surface area contributed by atoms with Gasteiger partial charge in [0, 0.05) is 37.6 Å². The third-order valence-corrected chi connectivity index (χ3v) is 3.25. The van der Waals surface area contributed by atoms with Crippen molar-refractivity contribution in [1.29, 1.82) is 0 Å². The highest BCUT2D eigenvalue weighted by atomic mass is 16.3. The van der Waals surface area contributed by atoms with Crippen LogP contribution in [0.2, 0.25) is 0 Å². The molecule has 2 unspecified atom stereocenters. The summed E-state index contributed by atoms with van der Waals surface area (Å²) in [4.78, 5) is 13.7. The molecule has 1 heterocycles. The van der Waals surface area contributed by atoms with Gasteiger partial charge < -0.3 is 15.7 Å². The molecule has 1 aliphatic heterocycles. The summed E-state index contributed by atoms with van der Waals surface area (Å²) < 4.78 is 0. The van der Waals surface area contributed by atoms with Crippen LogP contribution < -0.4 is 5.73 Å². The van der Waals surface area contributed by atoms with Crippen LogP contribution >= 0.6 is 0 Å². The van der Waals surface area contributed by atoms with Gasteiger partial charge in [0.25, 0.3) is 0 Å². The number of rotatable bonds is 6. The summed E-state index contributed by atoms with van der Waals surface area (Å²) in [7, 11) is 0. The van der Waals surface area contributed by atoms with E-state index in [4.69, 9.17) is 10.8 Å². The van der Waals surface area contributed by atoms with Crippen LogP contribution in [-0.2, 0) is 4.79 Å². The van der Waals surface area contributed by atoms with Crippen molar-refractivity contribution >= 4 is 5.91 Å². The Morgan fingerprint density at radius 1 is 1.44 bits per heavy atom. The molecule has 0 radical (unpaired) electrons. The second-order valence-corrected chi connectivity index (χ2v) is 5.10. The first kappa shape index (κ1) is 13.5. The Bertz CT molecular complexity index is 225. The number of aliphatic hydroxyl groups is 1. The van der Waals surface area contributed by atoms with Crippen LogP contribution in [0.5, 0.6) is 0 Å². The molecule has 0 aliphatic carbocycles. The number of carbonyl (C=O) groups excluding carboxylic acids is 1. The molecule has 4 heteroatoms. The minimum atomic E-state index is 0.0957. The third kappa shape index (κ3) is 3.76. The van der Waals surface area contributed by atoms with E-state index in [2.05, 4.69) is 0 Å². The number of carbonyl (C=O) groups is 1. The minimum absolute atomic E-state index is 0.0957. The monoisotopic (exact) mass is 228 g/mol. The molecule has 0 bridgehead atoms. The van der Waals surface area contributed by atoms with Gasteiger partial charge in [-0.05, 0) is 19.8 Å². The molecule has 0 aromatic rings. The average molecular weight is 228 g/mol. The zero-order chi connectivity index (χ0) is 12.1. The molecule has 0 saturated carbocycles. The summed E-state index contributed by atoms with van der Waals surface area (Å²) in [5, 5.41) is 8.87. The van der Waals surface area contributed by atoms with E-state index in [-0.39, 0.29) is 24.5 Å². The van der Waals surface area contributed by atoms with Gasteiger partial charge in [0.05, 0.1) is 0 Å². The SMILES string of the molecule is CC(N)CCCC(C)C(=O)N1CC(CO)C1. The molecular formula is C12H24N2O2. The molecule has 16 heavy (non-hydrogen) atoms. The van der Waals surface area contributed by atoms with Crippen molar-refractivity contribution in [3.8, 4) is 0 Å². The maximum atomic E-state index is 11.9. The van der Waals surface area contributed by atoms with Gasteiger partial charge in [0.15, 0.2) is 0 Å². The van der Waals surface area contributed by atoms with Crippen LogP contribution in [0.3, 0.4) is 0 Å². The highest BCUT2D eigenvalue weighted by Gasteiger charge is 2.31. The lowest BCUT2D eigenvalue weighted by molar-refractivity contribution is -0.142. The van der Waals surface area contributed by atoms with Gasteiger partial charge in [-0.2, -0.15) is 0 Å². The molecular weight excluding hydrogens is 204 g/mol. The fourth-order valence-corrected chi connectivity index (χ4v) is 2.05. The molecule has 1 saturated heterocycles. The van der Waals surface area contributed by atoms with Crippen molar-refractivity contribution in [3.63, 3.8) is 0 Å². The Morgan fingerprint density at radius 2 is 2.06 bits per heavy atom. The van der Waals surface area contributed by atoms with Crippen LogP contribution in [0.4, 0.5) is 0 Å². The number of aliphatic hydroxyl groups excluding tert-OH is 1. The van der Waals surface area contributed by atoms with E-state index in [1.165, 1.54) is 0 Å². The van der Waals surface area contributed by atoms with Crippen LogP contribution in [0, 0.1) is 11.8 Å². The van der Waals surface area contributed by atoms with Crippen molar-refractivity contribution in [3.05, 3.63) is 0 Å². The van der Waals surface area contributed by atoms with Gasteiger partial charge in [0.2, 0.25) is 5.91 Å². The molecule has 1 rings (SSSR count). The first-order valence-corrected chi connectivity index (χ1v) is 6.19. The number of hydrogen-bond acceptors (Lipinski definition) is 3. The van der Waals surface area contributed by atoms with E-state index in [0.717, 1.165) is 32.4 Å².